The number of anilines is 1. The number of benzene rings is 1. The zero-order chi connectivity index (χ0) is 18.0. The van der Waals surface area contributed by atoms with Gasteiger partial charge in [-0.05, 0) is 25.0 Å². The molecule has 2 heterocycles. The van der Waals surface area contributed by atoms with Gasteiger partial charge < -0.3 is 10.5 Å². The van der Waals surface area contributed by atoms with Gasteiger partial charge in [0.05, 0.1) is 17.7 Å². The minimum atomic E-state index is -3.21. The number of ether oxygens (including phenoxy) is 1. The number of para-hydroxylation sites is 1. The van der Waals surface area contributed by atoms with Crippen LogP contribution in [0.5, 0.6) is 0 Å². The van der Waals surface area contributed by atoms with Gasteiger partial charge in [0.2, 0.25) is 10.0 Å². The summed E-state index contributed by atoms with van der Waals surface area (Å²) in [7, 11) is -3.21. The van der Waals surface area contributed by atoms with Gasteiger partial charge in [0.15, 0.2) is 12.4 Å². The van der Waals surface area contributed by atoms with Gasteiger partial charge >= 0.3 is 5.97 Å². The molecule has 2 N–H and O–H groups in total. The third kappa shape index (κ3) is 4.05. The van der Waals surface area contributed by atoms with Gasteiger partial charge in [-0.3, -0.25) is 4.79 Å². The van der Waals surface area contributed by atoms with E-state index in [-0.39, 0.29) is 18.5 Å². The van der Waals surface area contributed by atoms with E-state index in [1.165, 1.54) is 10.6 Å². The lowest BCUT2D eigenvalue weighted by atomic mass is 9.98. The molecule has 0 amide bonds. The summed E-state index contributed by atoms with van der Waals surface area (Å²) in [5.74, 6) is 0.0236. The largest absolute Gasteiger partial charge is 0.457 e. The predicted molar refractivity (Wildman–Crippen MR) is 92.9 cm³/mol. The number of esters is 1. The molecule has 1 aromatic heterocycles. The third-order valence-electron chi connectivity index (χ3n) is 4.28. The van der Waals surface area contributed by atoms with Gasteiger partial charge in [-0.1, -0.05) is 12.1 Å². The minimum Gasteiger partial charge on any atom is -0.457 e. The predicted octanol–water partition coefficient (Wildman–Crippen LogP) is 0.927. The first-order valence-electron chi connectivity index (χ1n) is 7.97. The molecule has 0 bridgehead atoms. The number of nitrogens with two attached hydrogens (primary N) is 1. The Labute approximate surface area is 146 Å². The van der Waals surface area contributed by atoms with Gasteiger partial charge in [-0.2, -0.15) is 0 Å². The summed E-state index contributed by atoms with van der Waals surface area (Å²) in [6.07, 6.45) is 2.08. The molecule has 25 heavy (non-hydrogen) atoms. The number of carbonyl (C=O) groups excluding carboxylic acids is 1. The minimum absolute atomic E-state index is 0.0554. The van der Waals surface area contributed by atoms with Crippen molar-refractivity contribution in [1.29, 1.82) is 0 Å². The van der Waals surface area contributed by atoms with E-state index in [0.717, 1.165) is 5.39 Å². The molecule has 1 saturated heterocycles. The molecular weight excluding hydrogens is 344 g/mol. The lowest BCUT2D eigenvalue weighted by Gasteiger charge is -2.28. The van der Waals surface area contributed by atoms with Crippen LogP contribution in [-0.4, -0.2) is 48.0 Å². The number of piperidine rings is 1. The van der Waals surface area contributed by atoms with Crippen molar-refractivity contribution >= 4 is 32.7 Å². The lowest BCUT2D eigenvalue weighted by Crippen LogP contribution is -2.40. The van der Waals surface area contributed by atoms with Crippen molar-refractivity contribution in [3.63, 3.8) is 0 Å². The molecule has 0 spiro atoms. The second-order valence-electron chi connectivity index (χ2n) is 6.09. The fourth-order valence-corrected chi connectivity index (χ4v) is 3.77. The van der Waals surface area contributed by atoms with E-state index < -0.39 is 10.0 Å². The summed E-state index contributed by atoms with van der Waals surface area (Å²) >= 11 is 0. The maximum Gasteiger partial charge on any atom is 0.309 e. The molecule has 8 nitrogen and oxygen atoms in total. The Bertz CT molecular complexity index is 892. The van der Waals surface area contributed by atoms with Crippen LogP contribution in [0.4, 0.5) is 5.82 Å². The fourth-order valence-electron chi connectivity index (χ4n) is 2.89. The first-order valence-corrected chi connectivity index (χ1v) is 9.82. The van der Waals surface area contributed by atoms with Crippen LogP contribution in [0.3, 0.4) is 0 Å². The van der Waals surface area contributed by atoms with Gasteiger partial charge in [0.1, 0.15) is 5.82 Å². The first-order chi connectivity index (χ1) is 11.8. The number of carbonyl (C=O) groups is 1. The molecule has 0 atom stereocenters. The van der Waals surface area contributed by atoms with Crippen LogP contribution in [0, 0.1) is 5.92 Å². The number of sulfonamides is 1. The standard InChI is InChI=1S/C16H20N4O4S/c1-25(22,23)20-8-6-11(7-9-20)16(21)24-10-14-18-13-5-3-2-4-12(13)15(17)19-14/h2-5,11H,6-10H2,1H3,(H2,17,18,19). The third-order valence-corrected chi connectivity index (χ3v) is 5.58. The monoisotopic (exact) mass is 364 g/mol. The Morgan fingerprint density at radius 2 is 1.96 bits per heavy atom. The smallest absolute Gasteiger partial charge is 0.309 e. The van der Waals surface area contributed by atoms with Crippen LogP contribution in [-0.2, 0) is 26.2 Å². The Morgan fingerprint density at radius 3 is 2.64 bits per heavy atom. The average molecular weight is 364 g/mol. The second kappa shape index (κ2) is 6.93. The van der Waals surface area contributed by atoms with Gasteiger partial charge in [0.25, 0.3) is 0 Å². The quantitative estimate of drug-likeness (QED) is 0.802. The van der Waals surface area contributed by atoms with Crippen LogP contribution in [0.1, 0.15) is 18.7 Å². The van der Waals surface area contributed by atoms with E-state index in [1.807, 2.05) is 24.3 Å². The molecule has 0 radical (unpaired) electrons. The fraction of sp³-hybridized carbons (Fsp3) is 0.438. The lowest BCUT2D eigenvalue weighted by molar-refractivity contribution is -0.151. The molecule has 1 fully saturated rings. The van der Waals surface area contributed by atoms with Crippen molar-refractivity contribution in [2.45, 2.75) is 19.4 Å². The zero-order valence-corrected chi connectivity index (χ0v) is 14.7. The summed E-state index contributed by atoms with van der Waals surface area (Å²) in [5.41, 5.74) is 6.60. The number of fused-ring (bicyclic) bond motifs is 1. The van der Waals surface area contributed by atoms with Crippen LogP contribution in [0.25, 0.3) is 10.9 Å². The SMILES string of the molecule is CS(=O)(=O)N1CCC(C(=O)OCc2nc(N)c3ccccc3n2)CC1. The van der Waals surface area contributed by atoms with Crippen molar-refractivity contribution in [3.05, 3.63) is 30.1 Å². The molecule has 1 aliphatic heterocycles. The number of hydrogen-bond donors (Lipinski definition) is 1. The molecule has 1 aliphatic rings. The van der Waals surface area contributed by atoms with Gasteiger partial charge in [0, 0.05) is 18.5 Å². The van der Waals surface area contributed by atoms with Crippen molar-refractivity contribution in [3.8, 4) is 0 Å². The van der Waals surface area contributed by atoms with E-state index >= 15 is 0 Å². The summed E-state index contributed by atoms with van der Waals surface area (Å²) in [6.45, 7) is 0.607. The van der Waals surface area contributed by atoms with Crippen LogP contribution in [0.2, 0.25) is 0 Å². The molecule has 0 unspecified atom stereocenters. The summed E-state index contributed by atoms with van der Waals surface area (Å²) in [5, 5.41) is 0.755. The molecule has 9 heteroatoms. The second-order valence-corrected chi connectivity index (χ2v) is 8.07. The van der Waals surface area contributed by atoms with E-state index in [0.29, 0.717) is 43.1 Å². The highest BCUT2D eigenvalue weighted by Crippen LogP contribution is 2.21. The van der Waals surface area contributed by atoms with Crippen LogP contribution < -0.4 is 5.73 Å². The van der Waals surface area contributed by atoms with Crippen molar-refractivity contribution < 1.29 is 17.9 Å². The van der Waals surface area contributed by atoms with E-state index in [1.54, 1.807) is 0 Å². The first kappa shape index (κ1) is 17.6. The molecule has 134 valence electrons. The number of nitrogen functional groups attached to an aromatic ring is 1. The molecule has 2 aromatic rings. The van der Waals surface area contributed by atoms with Gasteiger partial charge in [-0.15, -0.1) is 0 Å². The van der Waals surface area contributed by atoms with Crippen LogP contribution in [0.15, 0.2) is 24.3 Å². The molecule has 1 aromatic carbocycles. The van der Waals surface area contributed by atoms with Gasteiger partial charge in [-0.25, -0.2) is 22.7 Å². The molecule has 3 rings (SSSR count). The summed E-state index contributed by atoms with van der Waals surface area (Å²) < 4.78 is 29.7. The average Bonchev–Trinajstić information content (AvgIpc) is 2.59. The molecular formula is C16H20N4O4S. The summed E-state index contributed by atoms with van der Waals surface area (Å²) in [6, 6.07) is 7.35. The number of aromatic nitrogens is 2. The van der Waals surface area contributed by atoms with E-state index in [4.69, 9.17) is 10.5 Å². The van der Waals surface area contributed by atoms with E-state index in [2.05, 4.69) is 9.97 Å². The maximum absolute atomic E-state index is 12.2. The van der Waals surface area contributed by atoms with Crippen LogP contribution >= 0.6 is 0 Å². The van der Waals surface area contributed by atoms with Crippen molar-refractivity contribution in [2.24, 2.45) is 5.92 Å². The Hall–Kier alpha value is -2.26. The highest BCUT2D eigenvalue weighted by atomic mass is 32.2. The maximum atomic E-state index is 12.2. The number of rotatable bonds is 4. The highest BCUT2D eigenvalue weighted by Gasteiger charge is 2.30. The van der Waals surface area contributed by atoms with E-state index in [9.17, 15) is 13.2 Å². The Kier molecular flexibility index (Phi) is 4.87. The molecule has 0 saturated carbocycles. The Balaban J connectivity index is 1.60. The molecule has 0 aliphatic carbocycles. The number of nitrogens with zero attached hydrogens (tertiary/aromatic N) is 3. The Morgan fingerprint density at radius 1 is 1.28 bits per heavy atom. The number of hydrogen-bond acceptors (Lipinski definition) is 7. The van der Waals surface area contributed by atoms with Crippen molar-refractivity contribution in [2.75, 3.05) is 25.1 Å². The zero-order valence-electron chi connectivity index (χ0n) is 13.9. The normalized spacial score (nSPS) is 16.8. The summed E-state index contributed by atoms with van der Waals surface area (Å²) in [4.78, 5) is 20.7. The topological polar surface area (TPSA) is 115 Å². The highest BCUT2D eigenvalue weighted by molar-refractivity contribution is 7.88. The van der Waals surface area contributed by atoms with Crippen molar-refractivity contribution in [1.82, 2.24) is 14.3 Å².